The first-order valence-electron chi connectivity index (χ1n) is 20.2. The van der Waals surface area contributed by atoms with Crippen molar-refractivity contribution in [3.05, 3.63) is 191 Å². The maximum Gasteiger partial charge on any atom is 0.0753 e. The number of pyridine rings is 2. The van der Waals surface area contributed by atoms with Gasteiger partial charge in [0.15, 0.2) is 0 Å². The summed E-state index contributed by atoms with van der Waals surface area (Å²) in [7, 11) is 0. The van der Waals surface area contributed by atoms with E-state index in [0.717, 1.165) is 33.9 Å². The van der Waals surface area contributed by atoms with E-state index in [1.165, 1.54) is 77.9 Å². The molecule has 2 heterocycles. The van der Waals surface area contributed by atoms with E-state index in [2.05, 4.69) is 199 Å². The van der Waals surface area contributed by atoms with Crippen LogP contribution in [0.15, 0.2) is 158 Å². The molecule has 0 N–H and O–H groups in total. The zero-order valence-electron chi connectivity index (χ0n) is 33.4. The second-order valence-corrected chi connectivity index (χ2v) is 17.8. The van der Waals surface area contributed by atoms with Crippen molar-refractivity contribution < 1.29 is 0 Å². The van der Waals surface area contributed by atoms with Crippen LogP contribution in [0.3, 0.4) is 0 Å². The summed E-state index contributed by atoms with van der Waals surface area (Å²) in [5.41, 5.74) is 24.4. The van der Waals surface area contributed by atoms with E-state index >= 15 is 0 Å². The highest BCUT2D eigenvalue weighted by Gasteiger charge is 2.38. The lowest BCUT2D eigenvalue weighted by Crippen LogP contribution is -2.15. The molecule has 0 amide bonds. The van der Waals surface area contributed by atoms with Crippen molar-refractivity contribution in [2.75, 3.05) is 0 Å². The lowest BCUT2D eigenvalue weighted by Gasteiger charge is -2.22. The second kappa shape index (κ2) is 11.8. The summed E-state index contributed by atoms with van der Waals surface area (Å²) in [5, 5.41) is 0. The van der Waals surface area contributed by atoms with Gasteiger partial charge in [0.25, 0.3) is 0 Å². The third-order valence-corrected chi connectivity index (χ3v) is 13.6. The van der Waals surface area contributed by atoms with Gasteiger partial charge in [0, 0.05) is 38.5 Å². The first kappa shape index (κ1) is 33.9. The van der Waals surface area contributed by atoms with E-state index in [-0.39, 0.29) is 16.2 Å². The van der Waals surface area contributed by atoms with E-state index < -0.39 is 0 Å². The Balaban J connectivity index is 0.860. The minimum Gasteiger partial charge on any atom is -0.247 e. The molecule has 8 aromatic rings. The molecule has 3 aliphatic carbocycles. The largest absolute Gasteiger partial charge is 0.247 e. The molecule has 2 heteroatoms. The summed E-state index contributed by atoms with van der Waals surface area (Å²) < 4.78 is 0. The van der Waals surface area contributed by atoms with Gasteiger partial charge in [-0.1, -0.05) is 175 Å². The maximum atomic E-state index is 5.22. The van der Waals surface area contributed by atoms with Crippen LogP contribution in [0.2, 0.25) is 0 Å². The standard InChI is InChI=1S/C55H44N2/c1-53(2)43-13-9-7-11-41(43)51-45(53)27-29-49(56-51)35-19-15-33(16-20-35)37-23-25-39-40-26-24-38(32-48(40)55(5,6)47(39)31-37)34-17-21-36(22-18-34)50-30-28-46-52(57-50)42-12-8-10-14-44(42)54(46,3)4/h7-32H,1-6H3. The molecular weight excluding hydrogens is 689 g/mol. The molecule has 57 heavy (non-hydrogen) atoms. The van der Waals surface area contributed by atoms with Gasteiger partial charge in [-0.05, 0) is 91.0 Å². The van der Waals surface area contributed by atoms with Gasteiger partial charge in [-0.3, -0.25) is 0 Å². The zero-order chi connectivity index (χ0) is 38.8. The fourth-order valence-corrected chi connectivity index (χ4v) is 10.2. The van der Waals surface area contributed by atoms with E-state index in [4.69, 9.17) is 9.97 Å². The fourth-order valence-electron chi connectivity index (χ4n) is 10.2. The molecule has 2 nitrogen and oxygen atoms in total. The highest BCUT2D eigenvalue weighted by atomic mass is 14.7. The van der Waals surface area contributed by atoms with Crippen LogP contribution < -0.4 is 0 Å². The minimum absolute atomic E-state index is 0.0387. The summed E-state index contributed by atoms with van der Waals surface area (Å²) >= 11 is 0. The molecule has 0 saturated heterocycles. The zero-order valence-corrected chi connectivity index (χ0v) is 33.4. The molecule has 0 bridgehead atoms. The minimum atomic E-state index is -0.132. The van der Waals surface area contributed by atoms with Crippen LogP contribution in [0.5, 0.6) is 0 Å². The summed E-state index contributed by atoms with van der Waals surface area (Å²) in [6, 6.07) is 58.3. The van der Waals surface area contributed by atoms with Crippen molar-refractivity contribution in [3.63, 3.8) is 0 Å². The van der Waals surface area contributed by atoms with Gasteiger partial charge in [0.05, 0.1) is 22.8 Å². The van der Waals surface area contributed by atoms with Crippen molar-refractivity contribution in [3.8, 4) is 78.4 Å². The van der Waals surface area contributed by atoms with Crippen LogP contribution in [-0.4, -0.2) is 9.97 Å². The fraction of sp³-hybridized carbons (Fsp3) is 0.164. The van der Waals surface area contributed by atoms with Gasteiger partial charge in [-0.15, -0.1) is 0 Å². The van der Waals surface area contributed by atoms with Crippen molar-refractivity contribution in [1.29, 1.82) is 0 Å². The Labute approximate surface area is 336 Å². The van der Waals surface area contributed by atoms with Gasteiger partial charge in [0.2, 0.25) is 0 Å². The Bertz CT molecular complexity index is 2760. The summed E-state index contributed by atoms with van der Waals surface area (Å²) in [5.74, 6) is 0. The molecular formula is C55H44N2. The van der Waals surface area contributed by atoms with Crippen molar-refractivity contribution in [1.82, 2.24) is 9.97 Å². The van der Waals surface area contributed by atoms with Crippen LogP contribution in [0, 0.1) is 0 Å². The van der Waals surface area contributed by atoms with Crippen molar-refractivity contribution in [2.45, 2.75) is 57.8 Å². The first-order valence-corrected chi connectivity index (χ1v) is 20.2. The molecule has 0 spiro atoms. The number of nitrogens with zero attached hydrogens (tertiary/aromatic N) is 2. The normalized spacial score (nSPS) is 15.6. The molecule has 11 rings (SSSR count). The SMILES string of the molecule is CC1(C)c2cc(-c3ccc(-c4ccc5c(n4)-c4ccccc4C5(C)C)cc3)ccc2-c2ccc(-c3ccc(-c4ccc5c(n4)-c4ccccc4C5(C)C)cc3)cc21. The average molecular weight is 733 g/mol. The van der Waals surface area contributed by atoms with Gasteiger partial charge in [0.1, 0.15) is 0 Å². The molecule has 3 aliphatic rings. The quantitative estimate of drug-likeness (QED) is 0.180. The van der Waals surface area contributed by atoms with E-state index in [1.54, 1.807) is 0 Å². The van der Waals surface area contributed by atoms with E-state index in [9.17, 15) is 0 Å². The van der Waals surface area contributed by atoms with Crippen LogP contribution in [0.25, 0.3) is 78.4 Å². The molecule has 0 saturated carbocycles. The van der Waals surface area contributed by atoms with E-state index in [1.807, 2.05) is 0 Å². The van der Waals surface area contributed by atoms with E-state index in [0.29, 0.717) is 0 Å². The average Bonchev–Trinajstić information content (AvgIpc) is 3.72. The molecule has 2 aromatic heterocycles. The predicted octanol–water partition coefficient (Wildman–Crippen LogP) is 14.1. The number of rotatable bonds is 4. The molecule has 274 valence electrons. The van der Waals surface area contributed by atoms with Crippen LogP contribution >= 0.6 is 0 Å². The topological polar surface area (TPSA) is 25.8 Å². The molecule has 0 atom stereocenters. The number of hydrogen-bond donors (Lipinski definition) is 0. The van der Waals surface area contributed by atoms with Gasteiger partial charge < -0.3 is 0 Å². The summed E-state index contributed by atoms with van der Waals surface area (Å²) in [6.07, 6.45) is 0. The third kappa shape index (κ3) is 4.89. The Morgan fingerprint density at radius 2 is 0.632 bits per heavy atom. The number of benzene rings is 6. The Hall–Kier alpha value is -6.38. The summed E-state index contributed by atoms with van der Waals surface area (Å²) in [6.45, 7) is 13.9. The molecule has 0 aliphatic heterocycles. The van der Waals surface area contributed by atoms with Gasteiger partial charge >= 0.3 is 0 Å². The van der Waals surface area contributed by atoms with Gasteiger partial charge in [-0.2, -0.15) is 0 Å². The molecule has 0 fully saturated rings. The smallest absolute Gasteiger partial charge is 0.0753 e. The maximum absolute atomic E-state index is 5.22. The Kier molecular flexibility index (Phi) is 7.03. The lowest BCUT2D eigenvalue weighted by atomic mass is 9.81. The summed E-state index contributed by atoms with van der Waals surface area (Å²) in [4.78, 5) is 10.4. The first-order chi connectivity index (χ1) is 27.5. The second-order valence-electron chi connectivity index (χ2n) is 17.8. The highest BCUT2D eigenvalue weighted by Crippen LogP contribution is 2.52. The van der Waals surface area contributed by atoms with Crippen LogP contribution in [0.1, 0.15) is 74.9 Å². The van der Waals surface area contributed by atoms with Gasteiger partial charge in [-0.25, -0.2) is 9.97 Å². The third-order valence-electron chi connectivity index (χ3n) is 13.6. The highest BCUT2D eigenvalue weighted by molar-refractivity contribution is 5.87. The lowest BCUT2D eigenvalue weighted by molar-refractivity contribution is 0.659. The molecule has 0 radical (unpaired) electrons. The van der Waals surface area contributed by atoms with Crippen LogP contribution in [0.4, 0.5) is 0 Å². The Morgan fingerprint density at radius 3 is 1.05 bits per heavy atom. The molecule has 6 aromatic carbocycles. The predicted molar refractivity (Wildman–Crippen MR) is 236 cm³/mol. The Morgan fingerprint density at radius 1 is 0.281 bits per heavy atom. The number of aromatic nitrogens is 2. The van der Waals surface area contributed by atoms with Crippen molar-refractivity contribution >= 4 is 0 Å². The number of fused-ring (bicyclic) bond motifs is 9. The van der Waals surface area contributed by atoms with Crippen LogP contribution in [-0.2, 0) is 16.2 Å². The molecule has 0 unspecified atom stereocenters. The van der Waals surface area contributed by atoms with Crippen molar-refractivity contribution in [2.24, 2.45) is 0 Å². The number of hydrogen-bond acceptors (Lipinski definition) is 2. The monoisotopic (exact) mass is 732 g/mol.